The van der Waals surface area contributed by atoms with Crippen molar-refractivity contribution in [1.82, 2.24) is 4.90 Å². The molecule has 1 aliphatic heterocycles. The smallest absolute Gasteiger partial charge is 0.0411 e. The molecule has 0 aromatic heterocycles. The first-order chi connectivity index (χ1) is 7.58. The fraction of sp³-hybridized carbons (Fsp3) is 0.571. The highest BCUT2D eigenvalue weighted by atomic mass is 15.2. The molecule has 2 aliphatic rings. The van der Waals surface area contributed by atoms with E-state index in [0.29, 0.717) is 6.04 Å². The van der Waals surface area contributed by atoms with Crippen LogP contribution in [0.1, 0.15) is 43.4 Å². The fourth-order valence-corrected chi connectivity index (χ4v) is 2.52. The van der Waals surface area contributed by atoms with Gasteiger partial charge in [0.2, 0.25) is 0 Å². The molecule has 0 saturated heterocycles. The Hall–Kier alpha value is -0.860. The van der Waals surface area contributed by atoms with Gasteiger partial charge in [-0.15, -0.1) is 0 Å². The van der Waals surface area contributed by atoms with Crippen LogP contribution in [0.15, 0.2) is 18.2 Å². The zero-order valence-electron chi connectivity index (χ0n) is 10.2. The van der Waals surface area contributed by atoms with Gasteiger partial charge in [0.1, 0.15) is 0 Å². The Morgan fingerprint density at radius 2 is 1.88 bits per heavy atom. The largest absolute Gasteiger partial charge is 0.321 e. The van der Waals surface area contributed by atoms with Crippen molar-refractivity contribution in [3.8, 4) is 0 Å². The monoisotopic (exact) mass is 216 g/mol. The van der Waals surface area contributed by atoms with Crippen molar-refractivity contribution in [2.45, 2.75) is 51.4 Å². The van der Waals surface area contributed by atoms with Gasteiger partial charge in [-0.2, -0.15) is 0 Å². The molecule has 2 heteroatoms. The second-order valence-electron chi connectivity index (χ2n) is 5.64. The van der Waals surface area contributed by atoms with Crippen molar-refractivity contribution >= 4 is 0 Å². The van der Waals surface area contributed by atoms with E-state index in [4.69, 9.17) is 5.73 Å². The minimum absolute atomic E-state index is 0.0142. The van der Waals surface area contributed by atoms with E-state index in [2.05, 4.69) is 36.9 Å². The third-order valence-electron chi connectivity index (χ3n) is 4.05. The summed E-state index contributed by atoms with van der Waals surface area (Å²) in [5.74, 6) is 0. The van der Waals surface area contributed by atoms with Crippen LogP contribution in [-0.4, -0.2) is 10.9 Å². The van der Waals surface area contributed by atoms with Gasteiger partial charge in [0, 0.05) is 24.7 Å². The molecular weight excluding hydrogens is 196 g/mol. The molecule has 1 aromatic rings. The highest BCUT2D eigenvalue weighted by Gasteiger charge is 2.40. The van der Waals surface area contributed by atoms with E-state index in [0.717, 1.165) is 25.9 Å². The molecule has 86 valence electrons. The molecule has 2 nitrogen and oxygen atoms in total. The molecule has 1 heterocycles. The van der Waals surface area contributed by atoms with Gasteiger partial charge >= 0.3 is 0 Å². The molecular formula is C14H20N2. The average molecular weight is 216 g/mol. The van der Waals surface area contributed by atoms with Gasteiger partial charge in [0.25, 0.3) is 0 Å². The Bertz CT molecular complexity index is 419. The first-order valence-corrected chi connectivity index (χ1v) is 6.24. The SMILES string of the molecule is CC(C)N1Cc2ccc(C3(N)CC3)cc2C1. The summed E-state index contributed by atoms with van der Waals surface area (Å²) in [6.07, 6.45) is 2.30. The van der Waals surface area contributed by atoms with Crippen LogP contribution in [-0.2, 0) is 18.6 Å². The quantitative estimate of drug-likeness (QED) is 0.822. The van der Waals surface area contributed by atoms with Crippen LogP contribution in [0.5, 0.6) is 0 Å². The van der Waals surface area contributed by atoms with Gasteiger partial charge in [-0.3, -0.25) is 4.90 Å². The second-order valence-corrected chi connectivity index (χ2v) is 5.64. The van der Waals surface area contributed by atoms with Gasteiger partial charge < -0.3 is 5.73 Å². The molecule has 0 amide bonds. The maximum Gasteiger partial charge on any atom is 0.0411 e. The Morgan fingerprint density at radius 1 is 1.19 bits per heavy atom. The van der Waals surface area contributed by atoms with Crippen molar-refractivity contribution in [3.05, 3.63) is 34.9 Å². The van der Waals surface area contributed by atoms with Crippen LogP contribution < -0.4 is 5.73 Å². The lowest BCUT2D eigenvalue weighted by molar-refractivity contribution is 0.227. The second kappa shape index (κ2) is 3.31. The molecule has 1 aliphatic carbocycles. The third-order valence-corrected chi connectivity index (χ3v) is 4.05. The highest BCUT2D eigenvalue weighted by Crippen LogP contribution is 2.43. The van der Waals surface area contributed by atoms with Crippen LogP contribution in [0, 0.1) is 0 Å². The Balaban J connectivity index is 1.89. The fourth-order valence-electron chi connectivity index (χ4n) is 2.52. The lowest BCUT2D eigenvalue weighted by atomic mass is 10.0. The molecule has 0 radical (unpaired) electrons. The summed E-state index contributed by atoms with van der Waals surface area (Å²) in [5.41, 5.74) is 10.6. The zero-order chi connectivity index (χ0) is 11.3. The third kappa shape index (κ3) is 1.57. The van der Waals surface area contributed by atoms with Gasteiger partial charge in [0.15, 0.2) is 0 Å². The number of nitrogens with two attached hydrogens (primary N) is 1. The molecule has 0 atom stereocenters. The number of fused-ring (bicyclic) bond motifs is 1. The lowest BCUT2D eigenvalue weighted by Gasteiger charge is -2.18. The van der Waals surface area contributed by atoms with Gasteiger partial charge in [-0.1, -0.05) is 18.2 Å². The minimum Gasteiger partial charge on any atom is -0.321 e. The maximum atomic E-state index is 6.24. The first kappa shape index (κ1) is 10.3. The van der Waals surface area contributed by atoms with Crippen LogP contribution in [0.3, 0.4) is 0 Å². The van der Waals surface area contributed by atoms with Crippen LogP contribution in [0.25, 0.3) is 0 Å². The molecule has 16 heavy (non-hydrogen) atoms. The van der Waals surface area contributed by atoms with Gasteiger partial charge in [-0.05, 0) is 43.4 Å². The molecule has 0 spiro atoms. The van der Waals surface area contributed by atoms with Crippen molar-refractivity contribution in [2.24, 2.45) is 5.73 Å². The van der Waals surface area contributed by atoms with E-state index in [9.17, 15) is 0 Å². The Labute approximate surface area is 97.4 Å². The Morgan fingerprint density at radius 3 is 2.50 bits per heavy atom. The molecule has 3 rings (SSSR count). The summed E-state index contributed by atoms with van der Waals surface area (Å²) >= 11 is 0. The van der Waals surface area contributed by atoms with E-state index >= 15 is 0 Å². The number of benzene rings is 1. The molecule has 0 bridgehead atoms. The summed E-state index contributed by atoms with van der Waals surface area (Å²) in [7, 11) is 0. The lowest BCUT2D eigenvalue weighted by Crippen LogP contribution is -2.24. The minimum atomic E-state index is 0.0142. The topological polar surface area (TPSA) is 29.3 Å². The summed E-state index contributed by atoms with van der Waals surface area (Å²) < 4.78 is 0. The van der Waals surface area contributed by atoms with Gasteiger partial charge in [-0.25, -0.2) is 0 Å². The van der Waals surface area contributed by atoms with Crippen molar-refractivity contribution in [2.75, 3.05) is 0 Å². The number of hydrogen-bond donors (Lipinski definition) is 1. The van der Waals surface area contributed by atoms with Crippen LogP contribution in [0.4, 0.5) is 0 Å². The average Bonchev–Trinajstić information content (AvgIpc) is 2.86. The maximum absolute atomic E-state index is 6.24. The number of nitrogens with zero attached hydrogens (tertiary/aromatic N) is 1. The molecule has 0 unspecified atom stereocenters. The zero-order valence-corrected chi connectivity index (χ0v) is 10.2. The molecule has 1 aromatic carbocycles. The number of hydrogen-bond acceptors (Lipinski definition) is 2. The molecule has 1 saturated carbocycles. The summed E-state index contributed by atoms with van der Waals surface area (Å²) in [6, 6.07) is 7.48. The van der Waals surface area contributed by atoms with Crippen molar-refractivity contribution in [3.63, 3.8) is 0 Å². The summed E-state index contributed by atoms with van der Waals surface area (Å²) in [4.78, 5) is 2.50. The van der Waals surface area contributed by atoms with E-state index < -0.39 is 0 Å². The van der Waals surface area contributed by atoms with Crippen molar-refractivity contribution < 1.29 is 0 Å². The molecule has 2 N–H and O–H groups in total. The first-order valence-electron chi connectivity index (χ1n) is 6.24. The van der Waals surface area contributed by atoms with E-state index in [-0.39, 0.29) is 5.54 Å². The van der Waals surface area contributed by atoms with E-state index in [1.54, 1.807) is 0 Å². The van der Waals surface area contributed by atoms with E-state index in [1.807, 2.05) is 0 Å². The Kier molecular flexibility index (Phi) is 2.13. The normalized spacial score (nSPS) is 22.5. The molecule has 1 fully saturated rings. The summed E-state index contributed by atoms with van der Waals surface area (Å²) in [5, 5.41) is 0. The summed E-state index contributed by atoms with van der Waals surface area (Å²) in [6.45, 7) is 6.72. The number of rotatable bonds is 2. The van der Waals surface area contributed by atoms with Crippen LogP contribution in [0.2, 0.25) is 0 Å². The highest BCUT2D eigenvalue weighted by molar-refractivity contribution is 5.39. The van der Waals surface area contributed by atoms with Gasteiger partial charge in [0.05, 0.1) is 0 Å². The predicted molar refractivity (Wildman–Crippen MR) is 65.9 cm³/mol. The standard InChI is InChI=1S/C14H20N2/c1-10(2)16-8-11-3-4-13(7-12(11)9-16)14(15)5-6-14/h3-4,7,10H,5-6,8-9,15H2,1-2H3. The van der Waals surface area contributed by atoms with Crippen molar-refractivity contribution in [1.29, 1.82) is 0 Å². The predicted octanol–water partition coefficient (Wildman–Crippen LogP) is 2.36. The van der Waals surface area contributed by atoms with Crippen LogP contribution >= 0.6 is 0 Å². The van der Waals surface area contributed by atoms with E-state index in [1.165, 1.54) is 16.7 Å².